The number of nitrogens with zero attached hydrogens (tertiary/aromatic N) is 3. The summed E-state index contributed by atoms with van der Waals surface area (Å²) in [6.07, 6.45) is 0.0463. The van der Waals surface area contributed by atoms with Crippen molar-refractivity contribution in [3.05, 3.63) is 16.3 Å². The Labute approximate surface area is 175 Å². The van der Waals surface area contributed by atoms with E-state index in [0.717, 1.165) is 16.9 Å². The predicted octanol–water partition coefficient (Wildman–Crippen LogP) is 2.46. The number of aliphatic carboxylic acids is 1. The monoisotopic (exact) mass is 446 g/mol. The standard InChI is InChI=1S/C17H30N4O8Si/c1-17(2,3)29-16(24)19-12(15(22)23)10-28-14-13(21(25)26)9-18-20(14)11-27-7-8-30(4,5)6/h9,12H,7-8,10-11H2,1-6H3,(H,19,24)(H,22,23). The molecule has 0 bridgehead atoms. The molecule has 1 unspecified atom stereocenters. The van der Waals surface area contributed by atoms with Crippen molar-refractivity contribution in [3.8, 4) is 5.88 Å². The van der Waals surface area contributed by atoms with Crippen molar-refractivity contribution in [1.29, 1.82) is 0 Å². The molecule has 170 valence electrons. The lowest BCUT2D eigenvalue weighted by Gasteiger charge is -2.22. The fraction of sp³-hybridized carbons (Fsp3) is 0.706. The van der Waals surface area contributed by atoms with Crippen LogP contribution in [0.3, 0.4) is 0 Å². The van der Waals surface area contributed by atoms with Crippen LogP contribution < -0.4 is 10.1 Å². The van der Waals surface area contributed by atoms with E-state index in [9.17, 15) is 24.8 Å². The van der Waals surface area contributed by atoms with Gasteiger partial charge in [0.1, 0.15) is 25.1 Å². The second-order valence-electron chi connectivity index (χ2n) is 8.79. The minimum atomic E-state index is -1.49. The van der Waals surface area contributed by atoms with Crippen molar-refractivity contribution in [1.82, 2.24) is 15.1 Å². The molecule has 1 atom stereocenters. The van der Waals surface area contributed by atoms with Gasteiger partial charge in [-0.25, -0.2) is 14.3 Å². The number of amides is 1. The highest BCUT2D eigenvalue weighted by molar-refractivity contribution is 6.76. The van der Waals surface area contributed by atoms with Crippen molar-refractivity contribution in [3.63, 3.8) is 0 Å². The molecule has 12 nitrogen and oxygen atoms in total. The summed E-state index contributed by atoms with van der Waals surface area (Å²) in [5.74, 6) is -1.65. The smallest absolute Gasteiger partial charge is 0.408 e. The number of carboxylic acids is 1. The van der Waals surface area contributed by atoms with E-state index in [1.807, 2.05) is 0 Å². The Hall–Kier alpha value is -2.67. The van der Waals surface area contributed by atoms with E-state index in [1.54, 1.807) is 20.8 Å². The van der Waals surface area contributed by atoms with Gasteiger partial charge in [0.05, 0.1) is 4.92 Å². The van der Waals surface area contributed by atoms with E-state index in [4.69, 9.17) is 14.2 Å². The number of nitrogens with one attached hydrogen (secondary N) is 1. The number of carbonyl (C=O) groups excluding carboxylic acids is 1. The van der Waals surface area contributed by atoms with Crippen LogP contribution in [0.4, 0.5) is 10.5 Å². The maximum atomic E-state index is 11.8. The zero-order chi connectivity index (χ0) is 23.1. The van der Waals surface area contributed by atoms with Crippen molar-refractivity contribution < 1.29 is 33.8 Å². The number of hydrogen-bond acceptors (Lipinski definition) is 8. The summed E-state index contributed by atoms with van der Waals surface area (Å²) >= 11 is 0. The van der Waals surface area contributed by atoms with Crippen LogP contribution in [0.1, 0.15) is 20.8 Å². The molecule has 0 saturated heterocycles. The molecule has 30 heavy (non-hydrogen) atoms. The van der Waals surface area contributed by atoms with E-state index in [0.29, 0.717) is 6.61 Å². The van der Waals surface area contributed by atoms with E-state index >= 15 is 0 Å². The van der Waals surface area contributed by atoms with Crippen LogP contribution >= 0.6 is 0 Å². The first kappa shape index (κ1) is 25.4. The summed E-state index contributed by atoms with van der Waals surface area (Å²) in [6, 6.07) is -0.594. The Morgan fingerprint density at radius 3 is 2.50 bits per heavy atom. The van der Waals surface area contributed by atoms with Crippen LogP contribution in [-0.4, -0.2) is 64.8 Å². The van der Waals surface area contributed by atoms with E-state index < -0.39 is 49.0 Å². The number of carbonyl (C=O) groups is 2. The van der Waals surface area contributed by atoms with Gasteiger partial charge in [0.25, 0.3) is 5.88 Å². The Morgan fingerprint density at radius 2 is 2.00 bits per heavy atom. The minimum absolute atomic E-state index is 0.0924. The van der Waals surface area contributed by atoms with Gasteiger partial charge in [0.2, 0.25) is 0 Å². The summed E-state index contributed by atoms with van der Waals surface area (Å²) in [5, 5.41) is 26.6. The molecule has 0 aliphatic carbocycles. The van der Waals surface area contributed by atoms with Gasteiger partial charge in [-0.1, -0.05) is 19.6 Å². The van der Waals surface area contributed by atoms with Gasteiger partial charge in [-0.05, 0) is 26.8 Å². The van der Waals surface area contributed by atoms with Crippen molar-refractivity contribution in [2.24, 2.45) is 0 Å². The molecule has 13 heteroatoms. The molecule has 1 aromatic rings. The normalized spacial score (nSPS) is 12.9. The number of ether oxygens (including phenoxy) is 3. The van der Waals surface area contributed by atoms with E-state index in [-0.39, 0.29) is 12.6 Å². The minimum Gasteiger partial charge on any atom is -0.480 e. The number of nitro groups is 1. The first-order chi connectivity index (χ1) is 13.7. The first-order valence-electron chi connectivity index (χ1n) is 9.32. The lowest BCUT2D eigenvalue weighted by atomic mass is 10.2. The summed E-state index contributed by atoms with van der Waals surface area (Å²) in [4.78, 5) is 33.8. The van der Waals surface area contributed by atoms with Gasteiger partial charge >= 0.3 is 17.7 Å². The third-order valence-electron chi connectivity index (χ3n) is 3.56. The maximum absolute atomic E-state index is 11.8. The molecular weight excluding hydrogens is 416 g/mol. The Morgan fingerprint density at radius 1 is 1.37 bits per heavy atom. The summed E-state index contributed by atoms with van der Waals surface area (Å²) in [6.45, 7) is 11.2. The number of aromatic nitrogens is 2. The Bertz CT molecular complexity index is 754. The summed E-state index contributed by atoms with van der Waals surface area (Å²) in [5.41, 5.74) is -1.26. The molecule has 0 aromatic carbocycles. The third kappa shape index (κ3) is 9.22. The molecule has 0 spiro atoms. The zero-order valence-electron chi connectivity index (χ0n) is 18.1. The number of carboxylic acid groups (broad SMARTS) is 1. The summed E-state index contributed by atoms with van der Waals surface area (Å²) < 4.78 is 17.0. The van der Waals surface area contributed by atoms with Crippen LogP contribution in [-0.2, 0) is 21.0 Å². The zero-order valence-corrected chi connectivity index (χ0v) is 19.1. The second-order valence-corrected chi connectivity index (χ2v) is 14.4. The Balaban J connectivity index is 2.82. The number of hydrogen-bond donors (Lipinski definition) is 2. The molecule has 0 aliphatic rings. The van der Waals surface area contributed by atoms with Gasteiger partial charge in [-0.15, -0.1) is 0 Å². The average Bonchev–Trinajstić information content (AvgIpc) is 2.95. The summed E-state index contributed by atoms with van der Waals surface area (Å²) in [7, 11) is -1.31. The quantitative estimate of drug-likeness (QED) is 0.226. The third-order valence-corrected chi connectivity index (χ3v) is 5.26. The fourth-order valence-electron chi connectivity index (χ4n) is 2.05. The van der Waals surface area contributed by atoms with Crippen LogP contribution in [0, 0.1) is 10.1 Å². The van der Waals surface area contributed by atoms with Crippen molar-refractivity contribution in [2.75, 3.05) is 13.2 Å². The van der Waals surface area contributed by atoms with Gasteiger partial charge in [-0.3, -0.25) is 10.1 Å². The van der Waals surface area contributed by atoms with Crippen LogP contribution in [0.25, 0.3) is 0 Å². The molecule has 0 aliphatic heterocycles. The molecule has 2 N–H and O–H groups in total. The lowest BCUT2D eigenvalue weighted by molar-refractivity contribution is -0.386. The van der Waals surface area contributed by atoms with Gasteiger partial charge in [-0.2, -0.15) is 5.10 Å². The number of alkyl carbamates (subject to hydrolysis) is 1. The predicted molar refractivity (Wildman–Crippen MR) is 109 cm³/mol. The van der Waals surface area contributed by atoms with E-state index in [2.05, 4.69) is 30.1 Å². The molecule has 1 rings (SSSR count). The van der Waals surface area contributed by atoms with Gasteiger partial charge < -0.3 is 24.6 Å². The highest BCUT2D eigenvalue weighted by Gasteiger charge is 2.28. The first-order valence-corrected chi connectivity index (χ1v) is 13.0. The van der Waals surface area contributed by atoms with Crippen LogP contribution in [0.2, 0.25) is 25.7 Å². The molecule has 0 radical (unpaired) electrons. The van der Waals surface area contributed by atoms with Crippen molar-refractivity contribution in [2.45, 2.75) is 64.8 Å². The molecule has 0 fully saturated rings. The molecular formula is C17H30N4O8Si. The van der Waals surface area contributed by atoms with Crippen LogP contribution in [0.15, 0.2) is 6.20 Å². The molecule has 1 aromatic heterocycles. The Kier molecular flexibility index (Phi) is 8.78. The van der Waals surface area contributed by atoms with E-state index in [1.165, 1.54) is 0 Å². The second kappa shape index (κ2) is 10.4. The average molecular weight is 447 g/mol. The van der Waals surface area contributed by atoms with Crippen LogP contribution in [0.5, 0.6) is 5.88 Å². The molecule has 1 amide bonds. The van der Waals surface area contributed by atoms with Crippen molar-refractivity contribution >= 4 is 25.8 Å². The molecule has 1 heterocycles. The molecule has 0 saturated carbocycles. The largest absolute Gasteiger partial charge is 0.480 e. The SMILES string of the molecule is CC(C)(C)OC(=O)NC(COc1c([N+](=O)[O-])cnn1COCC[Si](C)(C)C)C(=O)O. The van der Waals surface area contributed by atoms with Gasteiger partial charge in [0, 0.05) is 14.7 Å². The highest BCUT2D eigenvalue weighted by atomic mass is 28.3. The maximum Gasteiger partial charge on any atom is 0.408 e. The fourth-order valence-corrected chi connectivity index (χ4v) is 2.80. The highest BCUT2D eigenvalue weighted by Crippen LogP contribution is 2.26. The lowest BCUT2D eigenvalue weighted by Crippen LogP contribution is -2.46. The number of rotatable bonds is 11. The van der Waals surface area contributed by atoms with Gasteiger partial charge in [0.15, 0.2) is 6.04 Å². The topological polar surface area (TPSA) is 155 Å².